The Hall–Kier alpha value is -1.13. The zero-order chi connectivity index (χ0) is 13.1. The standard InChI is InChI=1S/C14H24N4/c1-11(15)14-7-6-12(9-16-14)18-8-4-5-13(18)10-17(2)3/h6-7,9,11,13H,4-5,8,10,15H2,1-3H3/t11-,13?/m0/s1. The zero-order valence-electron chi connectivity index (χ0n) is 11.6. The van der Waals surface area contributed by atoms with Crippen LogP contribution in [0.4, 0.5) is 5.69 Å². The van der Waals surface area contributed by atoms with Gasteiger partial charge in [-0.1, -0.05) is 0 Å². The van der Waals surface area contributed by atoms with E-state index in [4.69, 9.17) is 5.73 Å². The van der Waals surface area contributed by atoms with E-state index >= 15 is 0 Å². The summed E-state index contributed by atoms with van der Waals surface area (Å²) in [7, 11) is 4.27. The Morgan fingerprint density at radius 3 is 2.83 bits per heavy atom. The van der Waals surface area contributed by atoms with Crippen molar-refractivity contribution in [3.05, 3.63) is 24.0 Å². The van der Waals surface area contributed by atoms with Crippen molar-refractivity contribution in [1.29, 1.82) is 0 Å². The third-order valence-corrected chi connectivity index (χ3v) is 3.52. The zero-order valence-corrected chi connectivity index (χ0v) is 11.6. The number of anilines is 1. The molecule has 18 heavy (non-hydrogen) atoms. The molecule has 1 aliphatic heterocycles. The first-order valence-electron chi connectivity index (χ1n) is 6.71. The summed E-state index contributed by atoms with van der Waals surface area (Å²) in [6.07, 6.45) is 4.51. The second-order valence-corrected chi connectivity index (χ2v) is 5.48. The highest BCUT2D eigenvalue weighted by Crippen LogP contribution is 2.25. The Morgan fingerprint density at radius 2 is 2.28 bits per heavy atom. The van der Waals surface area contributed by atoms with Crippen LogP contribution in [0, 0.1) is 0 Å². The molecule has 1 fully saturated rings. The number of hydrogen-bond acceptors (Lipinski definition) is 4. The maximum atomic E-state index is 5.83. The average Bonchev–Trinajstić information content (AvgIpc) is 2.76. The molecule has 0 aliphatic carbocycles. The Kier molecular flexibility index (Phi) is 4.19. The molecule has 1 unspecified atom stereocenters. The molecule has 0 amide bonds. The molecule has 0 bridgehead atoms. The fourth-order valence-electron chi connectivity index (χ4n) is 2.62. The van der Waals surface area contributed by atoms with Gasteiger partial charge in [0.05, 0.1) is 17.6 Å². The predicted octanol–water partition coefficient (Wildman–Crippen LogP) is 1.63. The van der Waals surface area contributed by atoms with Crippen LogP contribution < -0.4 is 10.6 Å². The predicted molar refractivity (Wildman–Crippen MR) is 75.8 cm³/mol. The van der Waals surface area contributed by atoms with Crippen LogP contribution in [-0.2, 0) is 0 Å². The van der Waals surface area contributed by atoms with Gasteiger partial charge >= 0.3 is 0 Å². The van der Waals surface area contributed by atoms with Gasteiger partial charge in [-0.2, -0.15) is 0 Å². The molecule has 0 saturated carbocycles. The number of rotatable bonds is 4. The van der Waals surface area contributed by atoms with Crippen LogP contribution in [0.15, 0.2) is 18.3 Å². The van der Waals surface area contributed by atoms with Gasteiger partial charge in [0.2, 0.25) is 0 Å². The van der Waals surface area contributed by atoms with E-state index in [2.05, 4.69) is 34.9 Å². The highest BCUT2D eigenvalue weighted by Gasteiger charge is 2.25. The molecule has 1 aromatic heterocycles. The summed E-state index contributed by atoms with van der Waals surface area (Å²) < 4.78 is 0. The van der Waals surface area contributed by atoms with E-state index in [1.54, 1.807) is 0 Å². The topological polar surface area (TPSA) is 45.4 Å². The second kappa shape index (κ2) is 5.67. The summed E-state index contributed by atoms with van der Waals surface area (Å²) in [6, 6.07) is 4.82. The molecule has 0 aromatic carbocycles. The summed E-state index contributed by atoms with van der Waals surface area (Å²) in [5.74, 6) is 0. The smallest absolute Gasteiger partial charge is 0.0569 e. The molecular weight excluding hydrogens is 224 g/mol. The summed E-state index contributed by atoms with van der Waals surface area (Å²) in [4.78, 5) is 9.18. The Labute approximate surface area is 110 Å². The third kappa shape index (κ3) is 3.00. The largest absolute Gasteiger partial charge is 0.366 e. The number of nitrogens with two attached hydrogens (primary N) is 1. The normalized spacial score (nSPS) is 21.6. The molecule has 4 nitrogen and oxygen atoms in total. The van der Waals surface area contributed by atoms with Crippen molar-refractivity contribution in [1.82, 2.24) is 9.88 Å². The molecule has 2 N–H and O–H groups in total. The van der Waals surface area contributed by atoms with Gasteiger partial charge in [-0.3, -0.25) is 4.98 Å². The van der Waals surface area contributed by atoms with Gasteiger partial charge in [0.25, 0.3) is 0 Å². The molecule has 1 saturated heterocycles. The first-order valence-corrected chi connectivity index (χ1v) is 6.71. The van der Waals surface area contributed by atoms with Gasteiger partial charge in [0.15, 0.2) is 0 Å². The molecule has 0 spiro atoms. The molecular formula is C14H24N4. The molecule has 1 aliphatic rings. The van der Waals surface area contributed by atoms with Gasteiger partial charge in [-0.05, 0) is 46.0 Å². The number of hydrogen-bond donors (Lipinski definition) is 1. The lowest BCUT2D eigenvalue weighted by atomic mass is 10.2. The average molecular weight is 248 g/mol. The van der Waals surface area contributed by atoms with Crippen LogP contribution in [0.5, 0.6) is 0 Å². The van der Waals surface area contributed by atoms with Gasteiger partial charge in [-0.25, -0.2) is 0 Å². The van der Waals surface area contributed by atoms with Crippen molar-refractivity contribution >= 4 is 5.69 Å². The summed E-state index contributed by atoms with van der Waals surface area (Å²) in [6.45, 7) is 4.21. The van der Waals surface area contributed by atoms with Crippen LogP contribution in [0.2, 0.25) is 0 Å². The fraction of sp³-hybridized carbons (Fsp3) is 0.643. The Morgan fingerprint density at radius 1 is 1.50 bits per heavy atom. The van der Waals surface area contributed by atoms with Crippen LogP contribution >= 0.6 is 0 Å². The maximum absolute atomic E-state index is 5.83. The minimum absolute atomic E-state index is 0.00944. The molecule has 2 rings (SSSR count). The van der Waals surface area contributed by atoms with Gasteiger partial charge < -0.3 is 15.5 Å². The quantitative estimate of drug-likeness (QED) is 0.879. The van der Waals surface area contributed by atoms with Crippen LogP contribution in [0.25, 0.3) is 0 Å². The molecule has 2 atom stereocenters. The van der Waals surface area contributed by atoms with Gasteiger partial charge in [0, 0.05) is 25.2 Å². The monoisotopic (exact) mass is 248 g/mol. The van der Waals surface area contributed by atoms with E-state index < -0.39 is 0 Å². The number of pyridine rings is 1. The minimum atomic E-state index is 0.00944. The van der Waals surface area contributed by atoms with Crippen LogP contribution in [0.1, 0.15) is 31.5 Å². The Bertz CT molecular complexity index is 372. The number of likely N-dealkylation sites (N-methyl/N-ethyl adjacent to an activating group) is 1. The van der Waals surface area contributed by atoms with Crippen molar-refractivity contribution < 1.29 is 0 Å². The molecule has 1 aromatic rings. The van der Waals surface area contributed by atoms with E-state index in [-0.39, 0.29) is 6.04 Å². The van der Waals surface area contributed by atoms with Gasteiger partial charge in [0.1, 0.15) is 0 Å². The molecule has 0 radical (unpaired) electrons. The van der Waals surface area contributed by atoms with Gasteiger partial charge in [-0.15, -0.1) is 0 Å². The van der Waals surface area contributed by atoms with Crippen molar-refractivity contribution in [2.45, 2.75) is 31.8 Å². The van der Waals surface area contributed by atoms with Crippen molar-refractivity contribution in [3.63, 3.8) is 0 Å². The summed E-state index contributed by atoms with van der Waals surface area (Å²) >= 11 is 0. The maximum Gasteiger partial charge on any atom is 0.0569 e. The lowest BCUT2D eigenvalue weighted by molar-refractivity contribution is 0.372. The van der Waals surface area contributed by atoms with Crippen molar-refractivity contribution in [3.8, 4) is 0 Å². The number of aromatic nitrogens is 1. The lowest BCUT2D eigenvalue weighted by Gasteiger charge is -2.28. The van der Waals surface area contributed by atoms with E-state index in [0.29, 0.717) is 6.04 Å². The molecule has 100 valence electrons. The Balaban J connectivity index is 2.10. The minimum Gasteiger partial charge on any atom is -0.366 e. The summed E-state index contributed by atoms with van der Waals surface area (Å²) in [5.41, 5.74) is 8.01. The highest BCUT2D eigenvalue weighted by molar-refractivity contribution is 5.47. The van der Waals surface area contributed by atoms with E-state index in [9.17, 15) is 0 Å². The first kappa shape index (κ1) is 13.3. The first-order chi connectivity index (χ1) is 8.58. The fourth-order valence-corrected chi connectivity index (χ4v) is 2.62. The van der Waals surface area contributed by atoms with Crippen molar-refractivity contribution in [2.24, 2.45) is 5.73 Å². The molecule has 4 heteroatoms. The lowest BCUT2D eigenvalue weighted by Crippen LogP contribution is -2.37. The van der Waals surface area contributed by atoms with Crippen LogP contribution in [0.3, 0.4) is 0 Å². The highest BCUT2D eigenvalue weighted by atomic mass is 15.2. The van der Waals surface area contributed by atoms with Crippen molar-refractivity contribution in [2.75, 3.05) is 32.1 Å². The SMILES string of the molecule is C[C@H](N)c1ccc(N2CCCC2CN(C)C)cn1. The van der Waals surface area contributed by atoms with E-state index in [1.807, 2.05) is 19.2 Å². The third-order valence-electron chi connectivity index (χ3n) is 3.52. The van der Waals surface area contributed by atoms with E-state index in [1.165, 1.54) is 18.5 Å². The molecule has 2 heterocycles. The van der Waals surface area contributed by atoms with Crippen LogP contribution in [-0.4, -0.2) is 43.1 Å². The second-order valence-electron chi connectivity index (χ2n) is 5.48. The number of nitrogens with zero attached hydrogens (tertiary/aromatic N) is 3. The summed E-state index contributed by atoms with van der Waals surface area (Å²) in [5, 5.41) is 0. The van der Waals surface area contributed by atoms with E-state index in [0.717, 1.165) is 18.8 Å².